The summed E-state index contributed by atoms with van der Waals surface area (Å²) in [7, 11) is -2.65. The van der Waals surface area contributed by atoms with Crippen molar-refractivity contribution in [2.75, 3.05) is 13.6 Å². The minimum atomic E-state index is -3.96. The first kappa shape index (κ1) is 28.4. The van der Waals surface area contributed by atoms with Gasteiger partial charge in [-0.3, -0.25) is 9.59 Å². The molecule has 2 rings (SSSR count). The van der Waals surface area contributed by atoms with Crippen molar-refractivity contribution in [3.8, 4) is 0 Å². The average molecular weight is 549 g/mol. The van der Waals surface area contributed by atoms with E-state index < -0.39 is 28.5 Å². The molecule has 2 amide bonds. The number of nitrogens with one attached hydrogen (secondary N) is 1. The standard InChI is InChI=1S/C23H28Cl3N3O4S/c1-5-15(2)27-23(31)16(3)29(13-17-6-7-19(25)12-21(17)26)22(30)14-28(4)34(32,33)20-10-8-18(24)9-11-20/h6-12,15-16H,5,13-14H2,1-4H3,(H,27,31)/t15-,16+/m1/s1. The molecule has 2 aromatic carbocycles. The normalized spacial score (nSPS) is 13.4. The van der Waals surface area contributed by atoms with Gasteiger partial charge in [0.05, 0.1) is 11.4 Å². The van der Waals surface area contributed by atoms with Crippen LogP contribution in [0.15, 0.2) is 47.4 Å². The summed E-state index contributed by atoms with van der Waals surface area (Å²) in [6.07, 6.45) is 0.720. The Morgan fingerprint density at radius 1 is 1.00 bits per heavy atom. The number of carbonyl (C=O) groups excluding carboxylic acids is 2. The molecule has 11 heteroatoms. The number of hydrogen-bond donors (Lipinski definition) is 1. The molecule has 186 valence electrons. The first-order chi connectivity index (χ1) is 15.9. The third kappa shape index (κ3) is 7.33. The molecule has 0 aromatic heterocycles. The van der Waals surface area contributed by atoms with E-state index in [1.165, 1.54) is 36.2 Å². The van der Waals surface area contributed by atoms with Crippen LogP contribution in [0.5, 0.6) is 0 Å². The van der Waals surface area contributed by atoms with Crippen molar-refractivity contribution in [1.29, 1.82) is 0 Å². The topological polar surface area (TPSA) is 86.8 Å². The Labute approximate surface area is 216 Å². The number of sulfonamides is 1. The number of rotatable bonds is 10. The summed E-state index contributed by atoms with van der Waals surface area (Å²) in [5.74, 6) is -0.908. The summed E-state index contributed by atoms with van der Waals surface area (Å²) >= 11 is 18.1. The van der Waals surface area contributed by atoms with Crippen molar-refractivity contribution in [3.05, 3.63) is 63.1 Å². The molecular formula is C23H28Cl3N3O4S. The zero-order valence-corrected chi connectivity index (χ0v) is 22.5. The summed E-state index contributed by atoms with van der Waals surface area (Å²) < 4.78 is 26.8. The molecule has 0 heterocycles. The first-order valence-corrected chi connectivity index (χ1v) is 13.2. The molecule has 0 unspecified atom stereocenters. The second kappa shape index (κ2) is 12.2. The van der Waals surface area contributed by atoms with Crippen LogP contribution in [-0.4, -0.2) is 55.1 Å². The van der Waals surface area contributed by atoms with Crippen LogP contribution >= 0.6 is 34.8 Å². The molecule has 0 aliphatic carbocycles. The minimum Gasteiger partial charge on any atom is -0.352 e. The molecule has 1 N–H and O–H groups in total. The Hall–Kier alpha value is -1.84. The number of carbonyl (C=O) groups is 2. The van der Waals surface area contributed by atoms with E-state index in [1.807, 2.05) is 13.8 Å². The van der Waals surface area contributed by atoms with Crippen LogP contribution in [0.25, 0.3) is 0 Å². The molecule has 0 spiro atoms. The summed E-state index contributed by atoms with van der Waals surface area (Å²) in [6.45, 7) is 4.91. The highest BCUT2D eigenvalue weighted by Crippen LogP contribution is 2.24. The highest BCUT2D eigenvalue weighted by atomic mass is 35.5. The molecule has 0 bridgehead atoms. The Kier molecular flexibility index (Phi) is 10.2. The molecule has 2 aromatic rings. The third-order valence-corrected chi connectivity index (χ3v) is 8.06. The molecule has 0 aliphatic heterocycles. The molecule has 0 saturated carbocycles. The fourth-order valence-electron chi connectivity index (χ4n) is 3.03. The number of nitrogens with zero attached hydrogens (tertiary/aromatic N) is 2. The SMILES string of the molecule is CC[C@@H](C)NC(=O)[C@H](C)N(Cc1ccc(Cl)cc1Cl)C(=O)CN(C)S(=O)(=O)c1ccc(Cl)cc1. The molecule has 0 saturated heterocycles. The number of hydrogen-bond acceptors (Lipinski definition) is 4. The number of amides is 2. The van der Waals surface area contributed by atoms with Gasteiger partial charge in [-0.25, -0.2) is 8.42 Å². The fraction of sp³-hybridized carbons (Fsp3) is 0.391. The predicted octanol–water partition coefficient (Wildman–Crippen LogP) is 4.60. The smallest absolute Gasteiger partial charge is 0.243 e. The van der Waals surface area contributed by atoms with Gasteiger partial charge in [0.25, 0.3) is 0 Å². The Morgan fingerprint density at radius 2 is 1.59 bits per heavy atom. The van der Waals surface area contributed by atoms with Crippen molar-refractivity contribution in [1.82, 2.24) is 14.5 Å². The van der Waals surface area contributed by atoms with E-state index in [0.717, 1.165) is 10.7 Å². The second-order valence-electron chi connectivity index (χ2n) is 7.97. The van der Waals surface area contributed by atoms with Gasteiger partial charge in [0.15, 0.2) is 0 Å². The Morgan fingerprint density at radius 3 is 2.15 bits per heavy atom. The summed E-state index contributed by atoms with van der Waals surface area (Å²) in [6, 6.07) is 9.53. The van der Waals surface area contributed by atoms with E-state index in [0.29, 0.717) is 20.6 Å². The molecule has 0 fully saturated rings. The van der Waals surface area contributed by atoms with Crippen molar-refractivity contribution < 1.29 is 18.0 Å². The number of halogens is 3. The summed E-state index contributed by atoms with van der Waals surface area (Å²) in [5.41, 5.74) is 0.575. The lowest BCUT2D eigenvalue weighted by Gasteiger charge is -2.31. The largest absolute Gasteiger partial charge is 0.352 e. The molecule has 34 heavy (non-hydrogen) atoms. The van der Waals surface area contributed by atoms with E-state index in [2.05, 4.69) is 5.32 Å². The van der Waals surface area contributed by atoms with Gasteiger partial charge in [-0.15, -0.1) is 0 Å². The van der Waals surface area contributed by atoms with Crippen molar-refractivity contribution in [3.63, 3.8) is 0 Å². The predicted molar refractivity (Wildman–Crippen MR) is 136 cm³/mol. The number of likely N-dealkylation sites (N-methyl/N-ethyl adjacent to an activating group) is 1. The van der Waals surface area contributed by atoms with E-state index in [-0.39, 0.29) is 23.4 Å². The van der Waals surface area contributed by atoms with Gasteiger partial charge in [0, 0.05) is 34.7 Å². The van der Waals surface area contributed by atoms with E-state index in [1.54, 1.807) is 25.1 Å². The van der Waals surface area contributed by atoms with Crippen LogP contribution in [-0.2, 0) is 26.2 Å². The molecule has 7 nitrogen and oxygen atoms in total. The first-order valence-electron chi connectivity index (χ1n) is 10.6. The van der Waals surface area contributed by atoms with E-state index in [9.17, 15) is 18.0 Å². The quantitative estimate of drug-likeness (QED) is 0.470. The molecule has 0 aliphatic rings. The van der Waals surface area contributed by atoms with Crippen LogP contribution in [0, 0.1) is 0 Å². The van der Waals surface area contributed by atoms with Crippen LogP contribution in [0.4, 0.5) is 0 Å². The zero-order valence-electron chi connectivity index (χ0n) is 19.4. The van der Waals surface area contributed by atoms with Crippen LogP contribution in [0.3, 0.4) is 0 Å². The van der Waals surface area contributed by atoms with Gasteiger partial charge in [0.2, 0.25) is 21.8 Å². The van der Waals surface area contributed by atoms with E-state index >= 15 is 0 Å². The maximum absolute atomic E-state index is 13.3. The highest BCUT2D eigenvalue weighted by Gasteiger charge is 2.31. The van der Waals surface area contributed by atoms with E-state index in [4.69, 9.17) is 34.8 Å². The maximum Gasteiger partial charge on any atom is 0.243 e. The van der Waals surface area contributed by atoms with Gasteiger partial charge in [-0.1, -0.05) is 47.8 Å². The van der Waals surface area contributed by atoms with Crippen LogP contribution in [0.2, 0.25) is 15.1 Å². The fourth-order valence-corrected chi connectivity index (χ4v) is 4.75. The monoisotopic (exact) mass is 547 g/mol. The molecular weight excluding hydrogens is 521 g/mol. The molecule has 0 radical (unpaired) electrons. The summed E-state index contributed by atoms with van der Waals surface area (Å²) in [4.78, 5) is 27.4. The lowest BCUT2D eigenvalue weighted by molar-refractivity contribution is -0.140. The van der Waals surface area contributed by atoms with Crippen molar-refractivity contribution >= 4 is 56.6 Å². The number of benzene rings is 2. The van der Waals surface area contributed by atoms with Gasteiger partial charge in [-0.05, 0) is 62.2 Å². The van der Waals surface area contributed by atoms with Crippen LogP contribution in [0.1, 0.15) is 32.8 Å². The highest BCUT2D eigenvalue weighted by molar-refractivity contribution is 7.89. The summed E-state index contributed by atoms with van der Waals surface area (Å²) in [5, 5.41) is 4.02. The molecule has 2 atom stereocenters. The maximum atomic E-state index is 13.3. The average Bonchev–Trinajstić information content (AvgIpc) is 2.78. The lowest BCUT2D eigenvalue weighted by Crippen LogP contribution is -2.51. The third-order valence-electron chi connectivity index (χ3n) is 5.40. The van der Waals surface area contributed by atoms with Crippen molar-refractivity contribution in [2.24, 2.45) is 0 Å². The zero-order chi connectivity index (χ0) is 25.6. The van der Waals surface area contributed by atoms with Gasteiger partial charge in [-0.2, -0.15) is 4.31 Å². The van der Waals surface area contributed by atoms with Gasteiger partial charge < -0.3 is 10.2 Å². The second-order valence-corrected chi connectivity index (χ2v) is 11.3. The lowest BCUT2D eigenvalue weighted by atomic mass is 10.1. The van der Waals surface area contributed by atoms with Crippen molar-refractivity contribution in [2.45, 2.75) is 50.7 Å². The minimum absolute atomic E-state index is 0.00123. The van der Waals surface area contributed by atoms with Gasteiger partial charge in [0.1, 0.15) is 6.04 Å². The van der Waals surface area contributed by atoms with Gasteiger partial charge >= 0.3 is 0 Å². The Bertz CT molecular complexity index is 1130. The Balaban J connectivity index is 2.31. The van der Waals surface area contributed by atoms with Crippen LogP contribution < -0.4 is 5.32 Å².